The third kappa shape index (κ3) is 5.96. The number of aliphatic imine (C=N–C) groups is 1. The molecule has 0 fully saturated rings. The first-order chi connectivity index (χ1) is 18.9. The summed E-state index contributed by atoms with van der Waals surface area (Å²) in [5, 5.41) is 5.35. The van der Waals surface area contributed by atoms with Gasteiger partial charge in [0.1, 0.15) is 10.0 Å². The standard InChI is InChI=1S/C29H23ClN6OS2/c1-35(2)22-14-12-19(13-15-22)17-31-27-25(39-29(38)36(27)23-9-4-3-5-10-23)28(37)34-32-18-21-16-20-8-6-7-11-24(20)33-26(21)30/h3-18H,1-2H3,(H,34,37)/b31-17+,32-18+. The molecule has 5 aromatic rings. The largest absolute Gasteiger partial charge is 0.378 e. The smallest absolute Gasteiger partial charge is 0.285 e. The number of anilines is 1. The van der Waals surface area contributed by atoms with E-state index in [2.05, 4.69) is 15.5 Å². The second kappa shape index (κ2) is 11.7. The van der Waals surface area contributed by atoms with Crippen molar-refractivity contribution < 1.29 is 4.79 Å². The van der Waals surface area contributed by atoms with Crippen LogP contribution in [-0.4, -0.2) is 42.0 Å². The average Bonchev–Trinajstić information content (AvgIpc) is 3.28. The van der Waals surface area contributed by atoms with E-state index in [1.54, 1.807) is 10.8 Å². The summed E-state index contributed by atoms with van der Waals surface area (Å²) in [6, 6.07) is 27.0. The van der Waals surface area contributed by atoms with Crippen LogP contribution in [0.5, 0.6) is 0 Å². The van der Waals surface area contributed by atoms with Gasteiger partial charge in [-0.25, -0.2) is 15.4 Å². The zero-order chi connectivity index (χ0) is 27.4. The lowest BCUT2D eigenvalue weighted by atomic mass is 10.2. The number of amides is 1. The molecule has 0 aliphatic rings. The molecule has 2 aromatic heterocycles. The molecule has 0 bridgehead atoms. The van der Waals surface area contributed by atoms with Gasteiger partial charge >= 0.3 is 0 Å². The number of thiazole rings is 1. The predicted molar refractivity (Wildman–Crippen MR) is 164 cm³/mol. The van der Waals surface area contributed by atoms with Crippen LogP contribution in [0.2, 0.25) is 5.15 Å². The number of halogens is 1. The number of rotatable bonds is 7. The van der Waals surface area contributed by atoms with Crippen molar-refractivity contribution in [3.05, 3.63) is 110 Å². The normalized spacial score (nSPS) is 11.5. The van der Waals surface area contributed by atoms with Gasteiger partial charge in [-0.1, -0.05) is 71.5 Å². The number of hydrogen-bond donors (Lipinski definition) is 1. The first kappa shape index (κ1) is 26.4. The third-order valence-electron chi connectivity index (χ3n) is 5.83. The Morgan fingerprint density at radius 3 is 2.49 bits per heavy atom. The number of carbonyl (C=O) groups is 1. The number of fused-ring (bicyclic) bond motifs is 1. The van der Waals surface area contributed by atoms with E-state index in [1.807, 2.05) is 104 Å². The van der Waals surface area contributed by atoms with Crippen LogP contribution in [0.1, 0.15) is 20.8 Å². The lowest BCUT2D eigenvalue weighted by Gasteiger charge is -2.11. The number of para-hydroxylation sites is 2. The maximum atomic E-state index is 13.3. The van der Waals surface area contributed by atoms with E-state index in [-0.39, 0.29) is 0 Å². The molecule has 3 aromatic carbocycles. The van der Waals surface area contributed by atoms with Crippen LogP contribution in [0.25, 0.3) is 16.6 Å². The molecule has 1 N–H and O–H groups in total. The zero-order valence-electron chi connectivity index (χ0n) is 21.1. The fraction of sp³-hybridized carbons (Fsp3) is 0.0690. The molecule has 0 saturated carbocycles. The number of hydrazone groups is 1. The van der Waals surface area contributed by atoms with E-state index in [0.717, 1.165) is 27.8 Å². The van der Waals surface area contributed by atoms with E-state index in [1.165, 1.54) is 17.6 Å². The number of benzene rings is 3. The molecule has 0 radical (unpaired) electrons. The minimum absolute atomic E-state index is 0.295. The van der Waals surface area contributed by atoms with Gasteiger partial charge in [0, 0.05) is 42.6 Å². The van der Waals surface area contributed by atoms with Crippen molar-refractivity contribution in [3.8, 4) is 5.69 Å². The summed E-state index contributed by atoms with van der Waals surface area (Å²) in [4.78, 5) is 24.7. The summed E-state index contributed by atoms with van der Waals surface area (Å²) in [5.41, 5.74) is 6.74. The molecule has 1 amide bonds. The predicted octanol–water partition coefficient (Wildman–Crippen LogP) is 7.05. The summed E-state index contributed by atoms with van der Waals surface area (Å²) in [7, 11) is 3.97. The van der Waals surface area contributed by atoms with Crippen molar-refractivity contribution in [2.75, 3.05) is 19.0 Å². The quantitative estimate of drug-likeness (QED) is 0.0984. The van der Waals surface area contributed by atoms with Gasteiger partial charge in [0.25, 0.3) is 5.91 Å². The number of nitrogens with one attached hydrogen (secondary N) is 1. The molecule has 10 heteroatoms. The van der Waals surface area contributed by atoms with E-state index in [9.17, 15) is 4.79 Å². The van der Waals surface area contributed by atoms with Gasteiger partial charge in [-0.05, 0) is 54.2 Å². The van der Waals surface area contributed by atoms with Gasteiger partial charge in [-0.2, -0.15) is 5.10 Å². The Balaban J connectivity index is 1.46. The highest BCUT2D eigenvalue weighted by Gasteiger charge is 2.20. The van der Waals surface area contributed by atoms with Crippen molar-refractivity contribution in [3.63, 3.8) is 0 Å². The molecule has 7 nitrogen and oxygen atoms in total. The van der Waals surface area contributed by atoms with Gasteiger partial charge < -0.3 is 4.90 Å². The molecular formula is C29H23ClN6OS2. The highest BCUT2D eigenvalue weighted by molar-refractivity contribution is 7.73. The van der Waals surface area contributed by atoms with Gasteiger partial charge in [0.05, 0.1) is 11.7 Å². The molecule has 2 heterocycles. The number of hydrogen-bond acceptors (Lipinski definition) is 7. The minimum Gasteiger partial charge on any atom is -0.378 e. The SMILES string of the molecule is CN(C)c1ccc(/C=N/c2c(C(=O)N/N=C/c3cc4ccccc4nc3Cl)sc(=S)n2-c2ccccc2)cc1. The van der Waals surface area contributed by atoms with Crippen molar-refractivity contribution >= 4 is 75.9 Å². The Kier molecular flexibility index (Phi) is 7.92. The molecule has 0 aliphatic carbocycles. The lowest BCUT2D eigenvalue weighted by molar-refractivity contribution is 0.0959. The Labute approximate surface area is 239 Å². The summed E-state index contributed by atoms with van der Waals surface area (Å²) >= 11 is 13.1. The molecule has 0 unspecified atom stereocenters. The number of carbonyl (C=O) groups excluding carboxylic acids is 1. The Morgan fingerprint density at radius 1 is 1.03 bits per heavy atom. The third-order valence-corrected chi connectivity index (χ3v) is 7.49. The van der Waals surface area contributed by atoms with Crippen LogP contribution in [0, 0.1) is 3.95 Å². The summed E-state index contributed by atoms with van der Waals surface area (Å²) in [5.74, 6) is -0.0111. The molecule has 5 rings (SSSR count). The Bertz CT molecular complexity index is 1760. The van der Waals surface area contributed by atoms with Crippen LogP contribution in [-0.2, 0) is 0 Å². The second-order valence-corrected chi connectivity index (χ2v) is 10.7. The maximum Gasteiger partial charge on any atom is 0.285 e. The summed E-state index contributed by atoms with van der Waals surface area (Å²) in [6.45, 7) is 0. The van der Waals surface area contributed by atoms with Crippen LogP contribution in [0.4, 0.5) is 11.5 Å². The van der Waals surface area contributed by atoms with Crippen molar-refractivity contribution in [1.82, 2.24) is 15.0 Å². The molecule has 0 saturated heterocycles. The first-order valence-electron chi connectivity index (χ1n) is 11.9. The zero-order valence-corrected chi connectivity index (χ0v) is 23.5. The fourth-order valence-electron chi connectivity index (χ4n) is 3.84. The van der Waals surface area contributed by atoms with Crippen LogP contribution in [0.3, 0.4) is 0 Å². The topological polar surface area (TPSA) is 74.9 Å². The van der Waals surface area contributed by atoms with Gasteiger partial charge in [-0.15, -0.1) is 0 Å². The number of pyridine rings is 1. The van der Waals surface area contributed by atoms with Crippen molar-refractivity contribution in [1.29, 1.82) is 0 Å². The summed E-state index contributed by atoms with van der Waals surface area (Å²) < 4.78 is 2.28. The molecule has 39 heavy (non-hydrogen) atoms. The minimum atomic E-state index is -0.433. The van der Waals surface area contributed by atoms with Gasteiger partial charge in [0.15, 0.2) is 9.77 Å². The first-order valence-corrected chi connectivity index (χ1v) is 13.5. The van der Waals surface area contributed by atoms with Gasteiger partial charge in [0.2, 0.25) is 0 Å². The highest BCUT2D eigenvalue weighted by Crippen LogP contribution is 2.31. The Hall–Kier alpha value is -4.18. The van der Waals surface area contributed by atoms with Crippen molar-refractivity contribution in [2.24, 2.45) is 10.1 Å². The van der Waals surface area contributed by atoms with Gasteiger partial charge in [-0.3, -0.25) is 9.36 Å². The molecule has 0 atom stereocenters. The average molecular weight is 571 g/mol. The molecule has 0 spiro atoms. The summed E-state index contributed by atoms with van der Waals surface area (Å²) in [6.07, 6.45) is 3.19. The van der Waals surface area contributed by atoms with E-state index in [0.29, 0.717) is 25.4 Å². The molecule has 194 valence electrons. The van der Waals surface area contributed by atoms with Crippen LogP contribution >= 0.6 is 35.2 Å². The lowest BCUT2D eigenvalue weighted by Crippen LogP contribution is -2.17. The van der Waals surface area contributed by atoms with Crippen LogP contribution < -0.4 is 10.3 Å². The number of aromatic nitrogens is 2. The molecular weight excluding hydrogens is 548 g/mol. The maximum absolute atomic E-state index is 13.3. The van der Waals surface area contributed by atoms with E-state index in [4.69, 9.17) is 28.8 Å². The van der Waals surface area contributed by atoms with E-state index >= 15 is 0 Å². The highest BCUT2D eigenvalue weighted by atomic mass is 35.5. The molecule has 0 aliphatic heterocycles. The second-order valence-electron chi connectivity index (χ2n) is 8.70. The Morgan fingerprint density at radius 2 is 1.74 bits per heavy atom. The van der Waals surface area contributed by atoms with Crippen LogP contribution in [0.15, 0.2) is 95.0 Å². The van der Waals surface area contributed by atoms with Crippen molar-refractivity contribution in [2.45, 2.75) is 0 Å². The monoisotopic (exact) mass is 570 g/mol. The van der Waals surface area contributed by atoms with E-state index < -0.39 is 5.91 Å². The fourth-order valence-corrected chi connectivity index (χ4v) is 5.31. The number of nitrogens with zero attached hydrogens (tertiary/aromatic N) is 5.